The molecular weight excluding hydrogens is 208 g/mol. The molecule has 0 spiro atoms. The summed E-state index contributed by atoms with van der Waals surface area (Å²) < 4.78 is 49.3. The normalized spacial score (nSPS) is 13.4. The summed E-state index contributed by atoms with van der Waals surface area (Å²) in [5.41, 5.74) is -0.517. The van der Waals surface area contributed by atoms with Crippen LogP contribution in [0, 0.1) is 11.6 Å². The van der Waals surface area contributed by atoms with Crippen molar-refractivity contribution in [3.05, 3.63) is 35.4 Å². The molecule has 1 rings (SSSR count). The van der Waals surface area contributed by atoms with Gasteiger partial charge in [-0.2, -0.15) is 0 Å². The van der Waals surface area contributed by atoms with Crippen molar-refractivity contribution in [2.45, 2.75) is 11.8 Å². The fourth-order valence-electron chi connectivity index (χ4n) is 0.862. The molecule has 1 unspecified atom stereocenters. The summed E-state index contributed by atoms with van der Waals surface area (Å²) >= 11 is 5.16. The summed E-state index contributed by atoms with van der Waals surface area (Å²) in [6.07, 6.45) is -2.92. The van der Waals surface area contributed by atoms with Gasteiger partial charge in [0.2, 0.25) is 0 Å². The molecule has 0 aliphatic carbocycles. The van der Waals surface area contributed by atoms with Gasteiger partial charge in [-0.15, -0.1) is 11.6 Å². The lowest BCUT2D eigenvalue weighted by atomic mass is 10.1. The van der Waals surface area contributed by atoms with E-state index in [1.54, 1.807) is 0 Å². The highest BCUT2D eigenvalue weighted by Crippen LogP contribution is 2.29. The zero-order valence-electron chi connectivity index (χ0n) is 6.28. The number of hydrogen-bond acceptors (Lipinski definition) is 0. The van der Waals surface area contributed by atoms with E-state index in [0.29, 0.717) is 6.07 Å². The Bertz CT molecular complexity index is 300. The van der Waals surface area contributed by atoms with Gasteiger partial charge in [-0.1, -0.05) is 0 Å². The maximum atomic E-state index is 12.8. The average Bonchev–Trinajstić information content (AvgIpc) is 2.08. The van der Waals surface area contributed by atoms with Crippen molar-refractivity contribution in [2.75, 3.05) is 0 Å². The molecule has 1 aromatic carbocycles. The van der Waals surface area contributed by atoms with Gasteiger partial charge < -0.3 is 0 Å². The number of rotatable bonds is 2. The predicted octanol–water partition coefficient (Wildman–Crippen LogP) is 3.51. The van der Waals surface area contributed by atoms with Crippen LogP contribution in [-0.4, -0.2) is 6.43 Å². The van der Waals surface area contributed by atoms with Gasteiger partial charge in [-0.05, 0) is 18.2 Å². The Morgan fingerprint density at radius 2 is 1.77 bits per heavy atom. The lowest BCUT2D eigenvalue weighted by Crippen LogP contribution is -2.04. The highest BCUT2D eigenvalue weighted by atomic mass is 35.5. The lowest BCUT2D eigenvalue weighted by Gasteiger charge is -2.09. The highest BCUT2D eigenvalue weighted by molar-refractivity contribution is 6.21. The first-order valence-corrected chi connectivity index (χ1v) is 3.83. The summed E-state index contributed by atoms with van der Waals surface area (Å²) in [6, 6.07) is 2.27. The van der Waals surface area contributed by atoms with Crippen LogP contribution in [0.3, 0.4) is 0 Å². The molecule has 5 heteroatoms. The van der Waals surface area contributed by atoms with E-state index in [-0.39, 0.29) is 0 Å². The van der Waals surface area contributed by atoms with E-state index in [4.69, 9.17) is 11.6 Å². The number of hydrogen-bond donors (Lipinski definition) is 0. The Morgan fingerprint density at radius 1 is 1.15 bits per heavy atom. The van der Waals surface area contributed by atoms with Gasteiger partial charge in [0, 0.05) is 5.56 Å². The summed E-state index contributed by atoms with van der Waals surface area (Å²) in [5.74, 6) is -1.72. The van der Waals surface area contributed by atoms with E-state index in [1.165, 1.54) is 0 Å². The molecule has 0 aliphatic rings. The number of alkyl halides is 3. The first-order valence-electron chi connectivity index (χ1n) is 3.39. The third kappa shape index (κ3) is 2.34. The molecule has 72 valence electrons. The first-order chi connectivity index (χ1) is 6.02. The molecule has 1 aromatic rings. The van der Waals surface area contributed by atoms with Crippen molar-refractivity contribution in [3.8, 4) is 0 Å². The lowest BCUT2D eigenvalue weighted by molar-refractivity contribution is 0.141. The third-order valence-electron chi connectivity index (χ3n) is 1.48. The quantitative estimate of drug-likeness (QED) is 0.520. The minimum Gasteiger partial charge on any atom is -0.208 e. The zero-order chi connectivity index (χ0) is 10.0. The summed E-state index contributed by atoms with van der Waals surface area (Å²) in [6.45, 7) is 0. The van der Waals surface area contributed by atoms with Crippen molar-refractivity contribution in [1.82, 2.24) is 0 Å². The fraction of sp³-hybridized carbons (Fsp3) is 0.250. The molecule has 0 heterocycles. The van der Waals surface area contributed by atoms with Crippen LogP contribution in [0.2, 0.25) is 0 Å². The van der Waals surface area contributed by atoms with E-state index < -0.39 is 29.0 Å². The fourth-order valence-corrected chi connectivity index (χ4v) is 1.03. The van der Waals surface area contributed by atoms with Crippen molar-refractivity contribution >= 4 is 11.6 Å². The Kier molecular flexibility index (Phi) is 3.14. The molecule has 0 bridgehead atoms. The minimum atomic E-state index is -2.92. The van der Waals surface area contributed by atoms with Gasteiger partial charge in [0.1, 0.15) is 17.0 Å². The van der Waals surface area contributed by atoms with Crippen LogP contribution in [0.4, 0.5) is 17.6 Å². The number of benzene rings is 1. The van der Waals surface area contributed by atoms with Crippen LogP contribution in [-0.2, 0) is 0 Å². The third-order valence-corrected chi connectivity index (χ3v) is 1.90. The maximum Gasteiger partial charge on any atom is 0.258 e. The molecule has 0 saturated carbocycles. The second kappa shape index (κ2) is 3.96. The van der Waals surface area contributed by atoms with Crippen LogP contribution in [0.25, 0.3) is 0 Å². The van der Waals surface area contributed by atoms with Crippen LogP contribution >= 0.6 is 11.6 Å². The van der Waals surface area contributed by atoms with Gasteiger partial charge in [-0.3, -0.25) is 0 Å². The zero-order valence-corrected chi connectivity index (χ0v) is 7.03. The molecule has 0 nitrogen and oxygen atoms in total. The predicted molar refractivity (Wildman–Crippen MR) is 41.0 cm³/mol. The van der Waals surface area contributed by atoms with Crippen molar-refractivity contribution in [2.24, 2.45) is 0 Å². The second-order valence-corrected chi connectivity index (χ2v) is 2.87. The highest BCUT2D eigenvalue weighted by Gasteiger charge is 2.22. The van der Waals surface area contributed by atoms with Gasteiger partial charge in [0.15, 0.2) is 0 Å². The Hall–Kier alpha value is -0.770. The van der Waals surface area contributed by atoms with Crippen LogP contribution in [0.5, 0.6) is 0 Å². The number of halogens is 5. The topological polar surface area (TPSA) is 0 Å². The van der Waals surface area contributed by atoms with Crippen molar-refractivity contribution in [3.63, 3.8) is 0 Å². The van der Waals surface area contributed by atoms with Crippen molar-refractivity contribution < 1.29 is 17.6 Å². The van der Waals surface area contributed by atoms with Gasteiger partial charge in [0.25, 0.3) is 6.43 Å². The molecule has 1 atom stereocenters. The van der Waals surface area contributed by atoms with E-state index >= 15 is 0 Å². The van der Waals surface area contributed by atoms with Crippen LogP contribution in [0.15, 0.2) is 18.2 Å². The van der Waals surface area contributed by atoms with E-state index in [2.05, 4.69) is 0 Å². The van der Waals surface area contributed by atoms with E-state index in [0.717, 1.165) is 12.1 Å². The summed E-state index contributed by atoms with van der Waals surface area (Å²) in [7, 11) is 0. The molecule has 0 saturated heterocycles. The van der Waals surface area contributed by atoms with Gasteiger partial charge >= 0.3 is 0 Å². The van der Waals surface area contributed by atoms with Crippen molar-refractivity contribution in [1.29, 1.82) is 0 Å². The molecule has 13 heavy (non-hydrogen) atoms. The molecule has 0 fully saturated rings. The largest absolute Gasteiger partial charge is 0.258 e. The Balaban J connectivity index is 3.05. The molecular formula is C8H5ClF4. The van der Waals surface area contributed by atoms with E-state index in [9.17, 15) is 17.6 Å². The molecule has 0 radical (unpaired) electrons. The molecule has 0 amide bonds. The molecule has 0 aliphatic heterocycles. The van der Waals surface area contributed by atoms with Gasteiger partial charge in [-0.25, -0.2) is 17.6 Å². The molecule has 0 N–H and O–H groups in total. The molecule has 0 aromatic heterocycles. The monoisotopic (exact) mass is 212 g/mol. The van der Waals surface area contributed by atoms with Crippen LogP contribution in [0.1, 0.15) is 10.9 Å². The van der Waals surface area contributed by atoms with Gasteiger partial charge in [0.05, 0.1) is 0 Å². The SMILES string of the molecule is Fc1ccc(F)c(C(Cl)C(F)F)c1. The second-order valence-electron chi connectivity index (χ2n) is 2.40. The standard InChI is InChI=1S/C8H5ClF4/c9-7(8(12)13)5-3-4(10)1-2-6(5)11/h1-3,7-8H. The minimum absolute atomic E-state index is 0.517. The Morgan fingerprint density at radius 3 is 2.31 bits per heavy atom. The first kappa shape index (κ1) is 10.3. The maximum absolute atomic E-state index is 12.8. The summed E-state index contributed by atoms with van der Waals surface area (Å²) in [5, 5.41) is -1.81. The summed E-state index contributed by atoms with van der Waals surface area (Å²) in [4.78, 5) is 0. The van der Waals surface area contributed by atoms with E-state index in [1.807, 2.05) is 0 Å². The Labute approximate surface area is 77.1 Å². The van der Waals surface area contributed by atoms with Crippen LogP contribution < -0.4 is 0 Å². The average molecular weight is 213 g/mol. The smallest absolute Gasteiger partial charge is 0.208 e.